The summed E-state index contributed by atoms with van der Waals surface area (Å²) in [5.41, 5.74) is 5.08. The van der Waals surface area contributed by atoms with Crippen molar-refractivity contribution in [1.82, 2.24) is 4.98 Å². The van der Waals surface area contributed by atoms with Crippen molar-refractivity contribution in [3.8, 4) is 0 Å². The molecule has 0 unspecified atom stereocenters. The summed E-state index contributed by atoms with van der Waals surface area (Å²) in [5, 5.41) is 5.17. The SMILES string of the molecule is COC(=O)c1cc(C)ccc1NCc1cscn1. The summed E-state index contributed by atoms with van der Waals surface area (Å²) in [7, 11) is 1.38. The molecule has 0 saturated carbocycles. The molecule has 18 heavy (non-hydrogen) atoms. The average Bonchev–Trinajstić information content (AvgIpc) is 2.89. The van der Waals surface area contributed by atoms with E-state index in [1.54, 1.807) is 16.8 Å². The Morgan fingerprint density at radius 3 is 3.00 bits per heavy atom. The number of nitrogens with zero attached hydrogens (tertiary/aromatic N) is 1. The quantitative estimate of drug-likeness (QED) is 0.861. The smallest absolute Gasteiger partial charge is 0.339 e. The van der Waals surface area contributed by atoms with Crippen LogP contribution in [0.4, 0.5) is 5.69 Å². The molecule has 0 amide bonds. The molecule has 0 aliphatic rings. The molecular formula is C13H14N2O2S. The van der Waals surface area contributed by atoms with Gasteiger partial charge in [0.2, 0.25) is 0 Å². The molecule has 1 N–H and O–H groups in total. The second-order valence-electron chi connectivity index (χ2n) is 3.87. The van der Waals surface area contributed by atoms with Crippen molar-refractivity contribution in [3.63, 3.8) is 0 Å². The molecule has 2 aromatic rings. The number of hydrogen-bond donors (Lipinski definition) is 1. The maximum atomic E-state index is 11.7. The Hall–Kier alpha value is -1.88. The molecule has 94 valence electrons. The van der Waals surface area contributed by atoms with Gasteiger partial charge in [0.25, 0.3) is 0 Å². The molecule has 0 atom stereocenters. The zero-order valence-electron chi connectivity index (χ0n) is 10.3. The van der Waals surface area contributed by atoms with Crippen LogP contribution in [0.25, 0.3) is 0 Å². The van der Waals surface area contributed by atoms with Crippen LogP contribution in [0.5, 0.6) is 0 Å². The van der Waals surface area contributed by atoms with Crippen LogP contribution in [-0.2, 0) is 11.3 Å². The highest BCUT2D eigenvalue weighted by Crippen LogP contribution is 2.19. The summed E-state index contributed by atoms with van der Waals surface area (Å²) in [6.45, 7) is 2.53. The van der Waals surface area contributed by atoms with Crippen LogP contribution in [0.2, 0.25) is 0 Å². The lowest BCUT2D eigenvalue weighted by atomic mass is 10.1. The lowest BCUT2D eigenvalue weighted by Gasteiger charge is -2.10. The number of carbonyl (C=O) groups is 1. The van der Waals surface area contributed by atoms with Gasteiger partial charge in [-0.1, -0.05) is 11.6 Å². The van der Waals surface area contributed by atoms with Crippen molar-refractivity contribution >= 4 is 23.0 Å². The first-order chi connectivity index (χ1) is 8.70. The Kier molecular flexibility index (Phi) is 3.94. The van der Waals surface area contributed by atoms with Crippen LogP contribution in [-0.4, -0.2) is 18.1 Å². The van der Waals surface area contributed by atoms with E-state index in [1.165, 1.54) is 7.11 Å². The molecule has 1 aromatic carbocycles. The van der Waals surface area contributed by atoms with E-state index < -0.39 is 0 Å². The standard InChI is InChI=1S/C13H14N2O2S/c1-9-3-4-12(11(5-9)13(16)17-2)14-6-10-7-18-8-15-10/h3-5,7-8,14H,6H2,1-2H3. The first-order valence-electron chi connectivity index (χ1n) is 5.50. The number of esters is 1. The van der Waals surface area contributed by atoms with Crippen molar-refractivity contribution in [3.05, 3.63) is 45.9 Å². The summed E-state index contributed by atoms with van der Waals surface area (Å²) < 4.78 is 4.78. The number of methoxy groups -OCH3 is 1. The van der Waals surface area contributed by atoms with Crippen LogP contribution in [0, 0.1) is 6.92 Å². The van der Waals surface area contributed by atoms with E-state index in [-0.39, 0.29) is 5.97 Å². The fraction of sp³-hybridized carbons (Fsp3) is 0.231. The Bertz CT molecular complexity index is 538. The van der Waals surface area contributed by atoms with Crippen molar-refractivity contribution in [2.45, 2.75) is 13.5 Å². The summed E-state index contributed by atoms with van der Waals surface area (Å²) in [6.07, 6.45) is 0. The van der Waals surface area contributed by atoms with E-state index >= 15 is 0 Å². The largest absolute Gasteiger partial charge is 0.465 e. The molecule has 4 nitrogen and oxygen atoms in total. The summed E-state index contributed by atoms with van der Waals surface area (Å²) in [6, 6.07) is 5.65. The molecule has 0 fully saturated rings. The van der Waals surface area contributed by atoms with E-state index in [2.05, 4.69) is 10.3 Å². The van der Waals surface area contributed by atoms with Gasteiger partial charge in [0.15, 0.2) is 0 Å². The molecule has 0 aliphatic heterocycles. The number of anilines is 1. The van der Waals surface area contributed by atoms with Crippen molar-refractivity contribution in [2.75, 3.05) is 12.4 Å². The Labute approximate surface area is 110 Å². The van der Waals surface area contributed by atoms with Crippen LogP contribution < -0.4 is 5.32 Å². The molecule has 2 rings (SSSR count). The van der Waals surface area contributed by atoms with Crippen molar-refractivity contribution in [1.29, 1.82) is 0 Å². The van der Waals surface area contributed by atoms with Gasteiger partial charge >= 0.3 is 5.97 Å². The minimum Gasteiger partial charge on any atom is -0.465 e. The third-order valence-corrected chi connectivity index (χ3v) is 3.16. The summed E-state index contributed by atoms with van der Waals surface area (Å²) >= 11 is 1.55. The zero-order valence-corrected chi connectivity index (χ0v) is 11.1. The number of benzene rings is 1. The lowest BCUT2D eigenvalue weighted by Crippen LogP contribution is -2.08. The van der Waals surface area contributed by atoms with Crippen LogP contribution in [0.3, 0.4) is 0 Å². The number of thiazole rings is 1. The third-order valence-electron chi connectivity index (χ3n) is 2.52. The Balaban J connectivity index is 2.18. The van der Waals surface area contributed by atoms with E-state index in [0.29, 0.717) is 12.1 Å². The van der Waals surface area contributed by atoms with Gasteiger partial charge < -0.3 is 10.1 Å². The highest BCUT2D eigenvalue weighted by atomic mass is 32.1. The molecule has 0 aliphatic carbocycles. The predicted octanol–water partition coefficient (Wildman–Crippen LogP) is 2.85. The second-order valence-corrected chi connectivity index (χ2v) is 4.59. The minimum atomic E-state index is -0.334. The number of aromatic nitrogens is 1. The average molecular weight is 262 g/mol. The first-order valence-corrected chi connectivity index (χ1v) is 6.45. The molecule has 0 saturated heterocycles. The minimum absolute atomic E-state index is 0.334. The van der Waals surface area contributed by atoms with E-state index in [0.717, 1.165) is 16.9 Å². The highest BCUT2D eigenvalue weighted by Gasteiger charge is 2.11. The molecule has 0 radical (unpaired) electrons. The zero-order chi connectivity index (χ0) is 13.0. The lowest BCUT2D eigenvalue weighted by molar-refractivity contribution is 0.0601. The van der Waals surface area contributed by atoms with Crippen molar-refractivity contribution < 1.29 is 9.53 Å². The Morgan fingerprint density at radius 1 is 1.50 bits per heavy atom. The number of nitrogens with one attached hydrogen (secondary N) is 1. The number of hydrogen-bond acceptors (Lipinski definition) is 5. The molecular weight excluding hydrogens is 248 g/mol. The monoisotopic (exact) mass is 262 g/mol. The van der Waals surface area contributed by atoms with Gasteiger partial charge in [-0.25, -0.2) is 9.78 Å². The summed E-state index contributed by atoms with van der Waals surface area (Å²) in [4.78, 5) is 15.9. The van der Waals surface area contributed by atoms with E-state index in [9.17, 15) is 4.79 Å². The normalized spacial score (nSPS) is 10.1. The molecule has 1 heterocycles. The van der Waals surface area contributed by atoms with Crippen LogP contribution >= 0.6 is 11.3 Å². The predicted molar refractivity (Wildman–Crippen MR) is 72.0 cm³/mol. The highest BCUT2D eigenvalue weighted by molar-refractivity contribution is 7.07. The van der Waals surface area contributed by atoms with Crippen molar-refractivity contribution in [2.24, 2.45) is 0 Å². The maximum Gasteiger partial charge on any atom is 0.339 e. The second kappa shape index (κ2) is 5.64. The number of ether oxygens (including phenoxy) is 1. The van der Waals surface area contributed by atoms with Gasteiger partial charge in [-0.3, -0.25) is 0 Å². The van der Waals surface area contributed by atoms with Gasteiger partial charge in [0.1, 0.15) is 0 Å². The summed E-state index contributed by atoms with van der Waals surface area (Å²) in [5.74, 6) is -0.334. The molecule has 0 spiro atoms. The van der Waals surface area contributed by atoms with Gasteiger partial charge in [-0.05, 0) is 19.1 Å². The van der Waals surface area contributed by atoms with E-state index in [4.69, 9.17) is 4.74 Å². The third kappa shape index (κ3) is 2.87. The number of rotatable bonds is 4. The fourth-order valence-corrected chi connectivity index (χ4v) is 2.16. The number of aryl methyl sites for hydroxylation is 1. The fourth-order valence-electron chi connectivity index (χ4n) is 1.60. The van der Waals surface area contributed by atoms with Crippen LogP contribution in [0.1, 0.15) is 21.6 Å². The maximum absolute atomic E-state index is 11.7. The Morgan fingerprint density at radius 2 is 2.33 bits per heavy atom. The molecule has 0 bridgehead atoms. The van der Waals surface area contributed by atoms with Gasteiger partial charge in [-0.15, -0.1) is 11.3 Å². The topological polar surface area (TPSA) is 51.2 Å². The van der Waals surface area contributed by atoms with Gasteiger partial charge in [0, 0.05) is 11.1 Å². The molecule has 5 heteroatoms. The van der Waals surface area contributed by atoms with Gasteiger partial charge in [-0.2, -0.15) is 0 Å². The van der Waals surface area contributed by atoms with Crippen LogP contribution in [0.15, 0.2) is 29.1 Å². The van der Waals surface area contributed by atoms with E-state index in [1.807, 2.05) is 30.5 Å². The number of carbonyl (C=O) groups excluding carboxylic acids is 1. The molecule has 1 aromatic heterocycles. The van der Waals surface area contributed by atoms with Gasteiger partial charge in [0.05, 0.1) is 30.4 Å². The first kappa shape index (κ1) is 12.6.